The van der Waals surface area contributed by atoms with Gasteiger partial charge >= 0.3 is 0 Å². The molecule has 2 N–H and O–H groups in total. The van der Waals surface area contributed by atoms with Crippen molar-refractivity contribution in [1.82, 2.24) is 4.90 Å². The van der Waals surface area contributed by atoms with E-state index in [-0.39, 0.29) is 23.8 Å². The lowest BCUT2D eigenvalue weighted by atomic mass is 10.1. The summed E-state index contributed by atoms with van der Waals surface area (Å²) in [6.45, 7) is 4.71. The van der Waals surface area contributed by atoms with Gasteiger partial charge < -0.3 is 15.5 Å². The van der Waals surface area contributed by atoms with E-state index in [4.69, 9.17) is 0 Å². The third-order valence-electron chi connectivity index (χ3n) is 4.00. The van der Waals surface area contributed by atoms with E-state index in [1.165, 1.54) is 13.8 Å². The molecule has 2 rings (SSSR count). The highest BCUT2D eigenvalue weighted by molar-refractivity contribution is 6.00. The van der Waals surface area contributed by atoms with Crippen LogP contribution in [0.15, 0.2) is 48.5 Å². The standard InChI is InChI=1S/C20H23N3O3/c1-13(16-8-6-5-7-9-16)23(4)20(26)17-10-18(21-14(2)24)12-19(11-17)22-15(3)25/h5-13H,1-4H3,(H,21,24)(H,22,25). The second-order valence-electron chi connectivity index (χ2n) is 6.16. The fourth-order valence-electron chi connectivity index (χ4n) is 2.64. The van der Waals surface area contributed by atoms with Crippen LogP contribution in [-0.4, -0.2) is 29.7 Å². The van der Waals surface area contributed by atoms with Crippen LogP contribution < -0.4 is 10.6 Å². The molecule has 0 spiro atoms. The van der Waals surface area contributed by atoms with Gasteiger partial charge in [0.25, 0.3) is 5.91 Å². The Morgan fingerprint density at radius 1 is 0.885 bits per heavy atom. The van der Waals surface area contributed by atoms with Gasteiger partial charge in [-0.1, -0.05) is 30.3 Å². The molecule has 0 saturated heterocycles. The molecule has 1 unspecified atom stereocenters. The lowest BCUT2D eigenvalue weighted by Gasteiger charge is -2.26. The Labute approximate surface area is 153 Å². The Morgan fingerprint density at radius 3 is 1.85 bits per heavy atom. The number of benzene rings is 2. The van der Waals surface area contributed by atoms with E-state index in [9.17, 15) is 14.4 Å². The first-order valence-electron chi connectivity index (χ1n) is 8.30. The van der Waals surface area contributed by atoms with E-state index in [1.54, 1.807) is 30.1 Å². The third kappa shape index (κ3) is 4.92. The van der Waals surface area contributed by atoms with Crippen LogP contribution in [0.2, 0.25) is 0 Å². The van der Waals surface area contributed by atoms with Crippen LogP contribution in [-0.2, 0) is 9.59 Å². The summed E-state index contributed by atoms with van der Waals surface area (Å²) >= 11 is 0. The van der Waals surface area contributed by atoms with Crippen molar-refractivity contribution in [2.24, 2.45) is 0 Å². The molecule has 0 radical (unpaired) electrons. The van der Waals surface area contributed by atoms with Crippen molar-refractivity contribution in [3.05, 3.63) is 59.7 Å². The maximum absolute atomic E-state index is 12.9. The van der Waals surface area contributed by atoms with Crippen molar-refractivity contribution in [2.75, 3.05) is 17.7 Å². The highest BCUT2D eigenvalue weighted by Crippen LogP contribution is 2.24. The minimum atomic E-state index is -0.255. The lowest BCUT2D eigenvalue weighted by molar-refractivity contribution is -0.115. The molecular formula is C20H23N3O3. The quantitative estimate of drug-likeness (QED) is 0.864. The summed E-state index contributed by atoms with van der Waals surface area (Å²) in [4.78, 5) is 37.3. The van der Waals surface area contributed by atoms with Gasteiger partial charge in [0.05, 0.1) is 6.04 Å². The smallest absolute Gasteiger partial charge is 0.254 e. The van der Waals surface area contributed by atoms with Gasteiger partial charge in [0.1, 0.15) is 0 Å². The van der Waals surface area contributed by atoms with Crippen LogP contribution in [0.3, 0.4) is 0 Å². The second kappa shape index (κ2) is 8.29. The number of hydrogen-bond acceptors (Lipinski definition) is 3. The first-order chi connectivity index (χ1) is 12.3. The summed E-state index contributed by atoms with van der Waals surface area (Å²) in [5, 5.41) is 5.31. The summed E-state index contributed by atoms with van der Waals surface area (Å²) in [5.41, 5.74) is 2.30. The summed E-state index contributed by atoms with van der Waals surface area (Å²) in [5.74, 6) is -0.719. The number of rotatable bonds is 5. The van der Waals surface area contributed by atoms with Gasteiger partial charge in [-0.3, -0.25) is 14.4 Å². The summed E-state index contributed by atoms with van der Waals surface area (Å²) in [6, 6.07) is 14.4. The normalized spacial score (nSPS) is 11.4. The Kier molecular flexibility index (Phi) is 6.11. The zero-order valence-electron chi connectivity index (χ0n) is 15.4. The van der Waals surface area contributed by atoms with Crippen molar-refractivity contribution in [1.29, 1.82) is 0 Å². The number of hydrogen-bond donors (Lipinski definition) is 2. The molecule has 0 heterocycles. The van der Waals surface area contributed by atoms with E-state index < -0.39 is 0 Å². The maximum Gasteiger partial charge on any atom is 0.254 e. The van der Waals surface area contributed by atoms with Crippen LogP contribution >= 0.6 is 0 Å². The van der Waals surface area contributed by atoms with Crippen molar-refractivity contribution < 1.29 is 14.4 Å². The molecule has 6 heteroatoms. The predicted octanol–water partition coefficient (Wildman–Crippen LogP) is 3.44. The number of anilines is 2. The van der Waals surface area contributed by atoms with Crippen LogP contribution in [0.5, 0.6) is 0 Å². The molecule has 0 aromatic heterocycles. The lowest BCUT2D eigenvalue weighted by Crippen LogP contribution is -2.29. The molecule has 0 aliphatic carbocycles. The van der Waals surface area contributed by atoms with Crippen LogP contribution in [0.1, 0.15) is 42.7 Å². The fourth-order valence-corrected chi connectivity index (χ4v) is 2.64. The molecule has 26 heavy (non-hydrogen) atoms. The molecule has 1 atom stereocenters. The molecule has 0 bridgehead atoms. The summed E-state index contributed by atoms with van der Waals surface area (Å²) in [6.07, 6.45) is 0. The first kappa shape index (κ1) is 19.2. The average Bonchev–Trinajstić information content (AvgIpc) is 2.59. The summed E-state index contributed by atoms with van der Waals surface area (Å²) < 4.78 is 0. The molecule has 3 amide bonds. The maximum atomic E-state index is 12.9. The average molecular weight is 353 g/mol. The topological polar surface area (TPSA) is 78.5 Å². The summed E-state index contributed by atoms with van der Waals surface area (Å²) in [7, 11) is 1.73. The van der Waals surface area contributed by atoms with Gasteiger partial charge in [-0.25, -0.2) is 0 Å². The van der Waals surface area contributed by atoms with E-state index in [2.05, 4.69) is 10.6 Å². The van der Waals surface area contributed by atoms with Gasteiger partial charge in [-0.15, -0.1) is 0 Å². The van der Waals surface area contributed by atoms with Gasteiger partial charge in [0.15, 0.2) is 0 Å². The SMILES string of the molecule is CC(=O)Nc1cc(NC(C)=O)cc(C(=O)N(C)C(C)c2ccccc2)c1. The number of nitrogens with zero attached hydrogens (tertiary/aromatic N) is 1. The minimum absolute atomic E-state index is 0.127. The Bertz CT molecular complexity index is 784. The molecule has 0 saturated carbocycles. The van der Waals surface area contributed by atoms with Crippen molar-refractivity contribution in [3.8, 4) is 0 Å². The van der Waals surface area contributed by atoms with Gasteiger partial charge in [-0.05, 0) is 30.7 Å². The van der Waals surface area contributed by atoms with Gasteiger partial charge in [-0.2, -0.15) is 0 Å². The molecule has 0 aliphatic rings. The van der Waals surface area contributed by atoms with Crippen molar-refractivity contribution in [2.45, 2.75) is 26.8 Å². The Balaban J connectivity index is 2.33. The second-order valence-corrected chi connectivity index (χ2v) is 6.16. The Morgan fingerprint density at radius 2 is 1.38 bits per heavy atom. The highest BCUT2D eigenvalue weighted by atomic mass is 16.2. The highest BCUT2D eigenvalue weighted by Gasteiger charge is 2.20. The Hall–Kier alpha value is -3.15. The van der Waals surface area contributed by atoms with E-state index >= 15 is 0 Å². The molecule has 0 fully saturated rings. The molecular weight excluding hydrogens is 330 g/mol. The molecule has 2 aromatic carbocycles. The van der Waals surface area contributed by atoms with Gasteiger partial charge in [0, 0.05) is 37.8 Å². The zero-order chi connectivity index (χ0) is 19.3. The molecule has 2 aromatic rings. The minimum Gasteiger partial charge on any atom is -0.335 e. The zero-order valence-corrected chi connectivity index (χ0v) is 15.4. The van der Waals surface area contributed by atoms with Crippen LogP contribution in [0, 0.1) is 0 Å². The number of nitrogens with one attached hydrogen (secondary N) is 2. The van der Waals surface area contributed by atoms with E-state index in [1.807, 2.05) is 37.3 Å². The monoisotopic (exact) mass is 353 g/mol. The largest absolute Gasteiger partial charge is 0.335 e. The fraction of sp³-hybridized carbons (Fsp3) is 0.250. The molecule has 6 nitrogen and oxygen atoms in total. The van der Waals surface area contributed by atoms with Gasteiger partial charge in [0.2, 0.25) is 11.8 Å². The number of carbonyl (C=O) groups is 3. The predicted molar refractivity (Wildman–Crippen MR) is 102 cm³/mol. The molecule has 136 valence electrons. The van der Waals surface area contributed by atoms with E-state index in [0.717, 1.165) is 5.56 Å². The number of carbonyl (C=O) groups excluding carboxylic acids is 3. The van der Waals surface area contributed by atoms with Crippen molar-refractivity contribution >= 4 is 29.1 Å². The van der Waals surface area contributed by atoms with Crippen LogP contribution in [0.25, 0.3) is 0 Å². The first-order valence-corrected chi connectivity index (χ1v) is 8.30. The number of amides is 3. The third-order valence-corrected chi connectivity index (χ3v) is 4.00. The van der Waals surface area contributed by atoms with Crippen molar-refractivity contribution in [3.63, 3.8) is 0 Å². The van der Waals surface area contributed by atoms with E-state index in [0.29, 0.717) is 16.9 Å². The molecule has 0 aliphatic heterocycles. The van der Waals surface area contributed by atoms with Crippen LogP contribution in [0.4, 0.5) is 11.4 Å².